The second kappa shape index (κ2) is 6.16. The summed E-state index contributed by atoms with van der Waals surface area (Å²) in [6, 6.07) is 2.07. The van der Waals surface area contributed by atoms with Gasteiger partial charge in [0.25, 0.3) is 0 Å². The zero-order chi connectivity index (χ0) is 13.0. The molecule has 1 N–H and O–H groups in total. The van der Waals surface area contributed by atoms with Crippen LogP contribution >= 0.6 is 11.3 Å². The standard InChI is InChI=1S/C14H19NO2S/c1-15(8-11-3-2-4-11)9-13-7-12(10-18-13)5-6-14(16)17/h5-7,10-11H,2-4,8-9H2,1H3,(H,16,17)/b6-5+. The first kappa shape index (κ1) is 13.3. The Balaban J connectivity index is 1.83. The second-order valence-electron chi connectivity index (χ2n) is 5.01. The summed E-state index contributed by atoms with van der Waals surface area (Å²) in [5.74, 6) is -0.00816. The van der Waals surface area contributed by atoms with Crippen LogP contribution < -0.4 is 0 Å². The average Bonchev–Trinajstić information content (AvgIpc) is 2.68. The van der Waals surface area contributed by atoms with Gasteiger partial charge < -0.3 is 10.0 Å². The summed E-state index contributed by atoms with van der Waals surface area (Å²) >= 11 is 1.70. The third-order valence-corrected chi connectivity index (χ3v) is 4.25. The molecule has 0 amide bonds. The Morgan fingerprint density at radius 3 is 3.00 bits per heavy atom. The van der Waals surface area contributed by atoms with Crippen molar-refractivity contribution in [3.8, 4) is 0 Å². The lowest BCUT2D eigenvalue weighted by atomic mass is 9.85. The van der Waals surface area contributed by atoms with Crippen molar-refractivity contribution >= 4 is 23.4 Å². The monoisotopic (exact) mass is 265 g/mol. The molecule has 1 heterocycles. The first-order valence-electron chi connectivity index (χ1n) is 6.30. The van der Waals surface area contributed by atoms with Gasteiger partial charge in [-0.05, 0) is 48.9 Å². The molecule has 1 fully saturated rings. The summed E-state index contributed by atoms with van der Waals surface area (Å²) in [5, 5.41) is 10.6. The third-order valence-electron chi connectivity index (χ3n) is 3.31. The van der Waals surface area contributed by atoms with Crippen LogP contribution in [0.4, 0.5) is 0 Å². The van der Waals surface area contributed by atoms with E-state index in [0.29, 0.717) is 0 Å². The Morgan fingerprint density at radius 1 is 1.61 bits per heavy atom. The molecule has 4 heteroatoms. The predicted molar refractivity (Wildman–Crippen MR) is 74.7 cm³/mol. The number of hydrogen-bond donors (Lipinski definition) is 1. The van der Waals surface area contributed by atoms with Gasteiger partial charge in [-0.1, -0.05) is 6.42 Å². The highest BCUT2D eigenvalue weighted by atomic mass is 32.1. The number of carboxylic acid groups (broad SMARTS) is 1. The molecule has 0 saturated heterocycles. The molecule has 1 saturated carbocycles. The molecule has 0 spiro atoms. The van der Waals surface area contributed by atoms with Crippen molar-refractivity contribution in [1.82, 2.24) is 4.90 Å². The van der Waals surface area contributed by atoms with E-state index in [4.69, 9.17) is 5.11 Å². The number of carboxylic acids is 1. The fourth-order valence-corrected chi connectivity index (χ4v) is 3.12. The molecular weight excluding hydrogens is 246 g/mol. The van der Waals surface area contributed by atoms with Crippen LogP contribution in [-0.2, 0) is 11.3 Å². The largest absolute Gasteiger partial charge is 0.478 e. The van der Waals surface area contributed by atoms with Crippen molar-refractivity contribution in [2.45, 2.75) is 25.8 Å². The minimum Gasteiger partial charge on any atom is -0.478 e. The minimum absolute atomic E-state index is 0.890. The van der Waals surface area contributed by atoms with Crippen LogP contribution in [-0.4, -0.2) is 29.6 Å². The van der Waals surface area contributed by atoms with Crippen molar-refractivity contribution in [1.29, 1.82) is 0 Å². The van der Waals surface area contributed by atoms with Crippen molar-refractivity contribution in [3.63, 3.8) is 0 Å². The highest BCUT2D eigenvalue weighted by molar-refractivity contribution is 7.10. The molecule has 2 rings (SSSR count). The number of nitrogens with zero attached hydrogens (tertiary/aromatic N) is 1. The Hall–Kier alpha value is -1.13. The number of thiophene rings is 1. The molecule has 0 aromatic carbocycles. The van der Waals surface area contributed by atoms with E-state index in [1.54, 1.807) is 17.4 Å². The molecule has 1 aromatic rings. The number of carbonyl (C=O) groups is 1. The van der Waals surface area contributed by atoms with Crippen LogP contribution in [0.3, 0.4) is 0 Å². The first-order valence-corrected chi connectivity index (χ1v) is 7.18. The summed E-state index contributed by atoms with van der Waals surface area (Å²) in [6.45, 7) is 2.14. The summed E-state index contributed by atoms with van der Waals surface area (Å²) in [6.07, 6.45) is 6.97. The molecule has 98 valence electrons. The van der Waals surface area contributed by atoms with Gasteiger partial charge in [0.2, 0.25) is 0 Å². The van der Waals surface area contributed by atoms with Crippen molar-refractivity contribution in [2.24, 2.45) is 5.92 Å². The van der Waals surface area contributed by atoms with E-state index in [-0.39, 0.29) is 0 Å². The highest BCUT2D eigenvalue weighted by Gasteiger charge is 2.19. The van der Waals surface area contributed by atoms with Gasteiger partial charge >= 0.3 is 5.97 Å². The quantitative estimate of drug-likeness (QED) is 0.804. The van der Waals surface area contributed by atoms with E-state index < -0.39 is 5.97 Å². The van der Waals surface area contributed by atoms with Crippen LogP contribution in [0.2, 0.25) is 0 Å². The van der Waals surface area contributed by atoms with E-state index in [1.807, 2.05) is 5.38 Å². The number of rotatable bonds is 6. The molecule has 0 bridgehead atoms. The van der Waals surface area contributed by atoms with Gasteiger partial charge in [0, 0.05) is 24.0 Å². The zero-order valence-corrected chi connectivity index (χ0v) is 11.4. The van der Waals surface area contributed by atoms with Crippen LogP contribution in [0, 0.1) is 5.92 Å². The molecule has 0 radical (unpaired) electrons. The third kappa shape index (κ3) is 3.96. The molecular formula is C14H19NO2S. The lowest BCUT2D eigenvalue weighted by molar-refractivity contribution is -0.131. The molecule has 0 atom stereocenters. The number of hydrogen-bond acceptors (Lipinski definition) is 3. The molecule has 18 heavy (non-hydrogen) atoms. The minimum atomic E-state index is -0.898. The van der Waals surface area contributed by atoms with Crippen molar-refractivity contribution < 1.29 is 9.90 Å². The van der Waals surface area contributed by atoms with E-state index in [9.17, 15) is 4.79 Å². The SMILES string of the molecule is CN(Cc1cc(/C=C/C(=O)O)cs1)CC1CCC1. The van der Waals surface area contributed by atoms with Crippen molar-refractivity contribution in [3.05, 3.63) is 28.0 Å². The molecule has 3 nitrogen and oxygen atoms in total. The molecule has 0 unspecified atom stereocenters. The van der Waals surface area contributed by atoms with Gasteiger partial charge in [-0.2, -0.15) is 0 Å². The summed E-state index contributed by atoms with van der Waals surface area (Å²) in [5.41, 5.74) is 0.981. The van der Waals surface area contributed by atoms with E-state index in [2.05, 4.69) is 18.0 Å². The van der Waals surface area contributed by atoms with Gasteiger partial charge in [-0.15, -0.1) is 11.3 Å². The average molecular weight is 265 g/mol. The second-order valence-corrected chi connectivity index (χ2v) is 6.01. The van der Waals surface area contributed by atoms with Crippen LogP contribution in [0.1, 0.15) is 29.7 Å². The Morgan fingerprint density at radius 2 is 2.39 bits per heavy atom. The maximum Gasteiger partial charge on any atom is 0.328 e. The Labute approximate surface area is 112 Å². The fraction of sp³-hybridized carbons (Fsp3) is 0.500. The van der Waals surface area contributed by atoms with Crippen LogP contribution in [0.25, 0.3) is 6.08 Å². The lowest BCUT2D eigenvalue weighted by Gasteiger charge is -2.29. The van der Waals surface area contributed by atoms with Gasteiger partial charge in [0.1, 0.15) is 0 Å². The lowest BCUT2D eigenvalue weighted by Crippen LogP contribution is -2.28. The Kier molecular flexibility index (Phi) is 4.55. The van der Waals surface area contributed by atoms with Crippen LogP contribution in [0.5, 0.6) is 0 Å². The van der Waals surface area contributed by atoms with Gasteiger partial charge in [0.05, 0.1) is 0 Å². The summed E-state index contributed by atoms with van der Waals surface area (Å²) in [4.78, 5) is 14.1. The van der Waals surface area contributed by atoms with Gasteiger partial charge in [-0.25, -0.2) is 4.79 Å². The molecule has 1 aliphatic carbocycles. The maximum atomic E-state index is 10.4. The van der Waals surface area contributed by atoms with E-state index in [0.717, 1.165) is 18.0 Å². The normalized spacial score (nSPS) is 16.3. The molecule has 1 aliphatic rings. The van der Waals surface area contributed by atoms with E-state index in [1.165, 1.54) is 36.8 Å². The topological polar surface area (TPSA) is 40.5 Å². The summed E-state index contributed by atoms with van der Waals surface area (Å²) < 4.78 is 0. The van der Waals surface area contributed by atoms with Crippen LogP contribution in [0.15, 0.2) is 17.5 Å². The van der Waals surface area contributed by atoms with Gasteiger partial charge in [-0.3, -0.25) is 0 Å². The predicted octanol–water partition coefficient (Wildman–Crippen LogP) is 3.08. The maximum absolute atomic E-state index is 10.4. The first-order chi connectivity index (χ1) is 8.63. The van der Waals surface area contributed by atoms with E-state index >= 15 is 0 Å². The Bertz CT molecular complexity index is 435. The molecule has 0 aliphatic heterocycles. The number of aliphatic carboxylic acids is 1. The smallest absolute Gasteiger partial charge is 0.328 e. The van der Waals surface area contributed by atoms with Gasteiger partial charge in [0.15, 0.2) is 0 Å². The fourth-order valence-electron chi connectivity index (χ4n) is 2.18. The van der Waals surface area contributed by atoms with Crippen molar-refractivity contribution in [2.75, 3.05) is 13.6 Å². The summed E-state index contributed by atoms with van der Waals surface area (Å²) in [7, 11) is 2.16. The highest BCUT2D eigenvalue weighted by Crippen LogP contribution is 2.27. The zero-order valence-electron chi connectivity index (χ0n) is 10.6. The molecule has 1 aromatic heterocycles.